The number of nitrogens with zero attached hydrogens (tertiary/aromatic N) is 1. The van der Waals surface area contributed by atoms with E-state index in [0.717, 1.165) is 12.6 Å². The summed E-state index contributed by atoms with van der Waals surface area (Å²) in [6.45, 7) is 1.22. The molecule has 0 radical (unpaired) electrons. The van der Waals surface area contributed by atoms with Crippen LogP contribution in [-0.4, -0.2) is 38.4 Å². The Morgan fingerprint density at radius 1 is 1.47 bits per heavy atom. The van der Waals surface area contributed by atoms with Gasteiger partial charge >= 0.3 is 0 Å². The van der Waals surface area contributed by atoms with Crippen LogP contribution in [0.5, 0.6) is 5.75 Å². The summed E-state index contributed by atoms with van der Waals surface area (Å²) < 4.78 is 18.1. The molecule has 1 aromatic rings. The van der Waals surface area contributed by atoms with Crippen molar-refractivity contribution < 1.29 is 13.9 Å². The van der Waals surface area contributed by atoms with E-state index in [1.54, 1.807) is 0 Å². The molecule has 0 saturated heterocycles. The number of hydrogen-bond acceptors (Lipinski definition) is 3. The number of benzene rings is 1. The van der Waals surface area contributed by atoms with Gasteiger partial charge in [0, 0.05) is 6.54 Å². The maximum Gasteiger partial charge on any atom is 0.153 e. The second-order valence-corrected chi connectivity index (χ2v) is 3.45. The van der Waals surface area contributed by atoms with Gasteiger partial charge in [-0.25, -0.2) is 4.39 Å². The average Bonchev–Trinajstić information content (AvgIpc) is 2.19. The molecule has 15 heavy (non-hydrogen) atoms. The van der Waals surface area contributed by atoms with Gasteiger partial charge in [0.25, 0.3) is 0 Å². The van der Waals surface area contributed by atoms with Crippen LogP contribution in [0, 0.1) is 5.82 Å². The van der Waals surface area contributed by atoms with E-state index in [1.165, 1.54) is 12.1 Å². The predicted octanol–water partition coefficient (Wildman–Crippen LogP) is 1.58. The van der Waals surface area contributed by atoms with Gasteiger partial charge < -0.3 is 9.64 Å². The molecule has 82 valence electrons. The molecule has 0 saturated carbocycles. The van der Waals surface area contributed by atoms with Gasteiger partial charge in [-0.15, -0.1) is 0 Å². The van der Waals surface area contributed by atoms with Gasteiger partial charge in [-0.1, -0.05) is 0 Å². The van der Waals surface area contributed by atoms with Crippen molar-refractivity contribution in [1.82, 2.24) is 4.90 Å². The largest absolute Gasteiger partial charge is 0.492 e. The third-order valence-corrected chi connectivity index (χ3v) is 1.89. The SMILES string of the molecule is CN(C)CCOc1ccc(F)cc1C=O. The maximum atomic E-state index is 12.8. The maximum absolute atomic E-state index is 12.8. The quantitative estimate of drug-likeness (QED) is 0.692. The van der Waals surface area contributed by atoms with Crippen molar-refractivity contribution >= 4 is 6.29 Å². The summed E-state index contributed by atoms with van der Waals surface area (Å²) in [4.78, 5) is 12.6. The van der Waals surface area contributed by atoms with Crippen LogP contribution in [0.25, 0.3) is 0 Å². The molecule has 0 aliphatic carbocycles. The van der Waals surface area contributed by atoms with Crippen molar-refractivity contribution in [2.45, 2.75) is 0 Å². The molecule has 0 heterocycles. The Balaban J connectivity index is 2.64. The Labute approximate surface area is 88.5 Å². The molecular weight excluding hydrogens is 197 g/mol. The van der Waals surface area contributed by atoms with Crippen molar-refractivity contribution in [1.29, 1.82) is 0 Å². The van der Waals surface area contributed by atoms with Crippen molar-refractivity contribution in [2.75, 3.05) is 27.2 Å². The van der Waals surface area contributed by atoms with Crippen LogP contribution in [0.2, 0.25) is 0 Å². The van der Waals surface area contributed by atoms with E-state index >= 15 is 0 Å². The first-order valence-electron chi connectivity index (χ1n) is 4.65. The molecule has 0 amide bonds. The predicted molar refractivity (Wildman–Crippen MR) is 55.8 cm³/mol. The van der Waals surface area contributed by atoms with Crippen molar-refractivity contribution in [3.63, 3.8) is 0 Å². The highest BCUT2D eigenvalue weighted by Gasteiger charge is 2.04. The summed E-state index contributed by atoms with van der Waals surface area (Å²) in [6.07, 6.45) is 0.591. The Morgan fingerprint density at radius 2 is 2.20 bits per heavy atom. The lowest BCUT2D eigenvalue weighted by atomic mass is 10.2. The lowest BCUT2D eigenvalue weighted by Gasteiger charge is -2.12. The lowest BCUT2D eigenvalue weighted by molar-refractivity contribution is 0.111. The molecular formula is C11H14FNO2. The number of carbonyl (C=O) groups excluding carboxylic acids is 1. The van der Waals surface area contributed by atoms with E-state index in [1.807, 2.05) is 19.0 Å². The van der Waals surface area contributed by atoms with Crippen LogP contribution in [0.4, 0.5) is 4.39 Å². The Kier molecular flexibility index (Phi) is 4.24. The highest BCUT2D eigenvalue weighted by atomic mass is 19.1. The van der Waals surface area contributed by atoms with Crippen LogP contribution in [0.15, 0.2) is 18.2 Å². The van der Waals surface area contributed by atoms with Crippen LogP contribution >= 0.6 is 0 Å². The number of carbonyl (C=O) groups is 1. The summed E-state index contributed by atoms with van der Waals surface area (Å²) in [7, 11) is 3.85. The summed E-state index contributed by atoms with van der Waals surface area (Å²) in [5.41, 5.74) is 0.244. The van der Waals surface area contributed by atoms with Gasteiger partial charge in [-0.05, 0) is 32.3 Å². The molecule has 0 atom stereocenters. The molecule has 0 aliphatic heterocycles. The molecule has 0 fully saturated rings. The third-order valence-electron chi connectivity index (χ3n) is 1.89. The summed E-state index contributed by atoms with van der Waals surface area (Å²) in [5, 5.41) is 0. The minimum absolute atomic E-state index is 0.244. The first-order chi connectivity index (χ1) is 7.13. The van der Waals surface area contributed by atoms with E-state index in [9.17, 15) is 9.18 Å². The molecule has 0 aromatic heterocycles. The van der Waals surface area contributed by atoms with Crippen molar-refractivity contribution in [2.24, 2.45) is 0 Å². The lowest BCUT2D eigenvalue weighted by Crippen LogP contribution is -2.19. The fraction of sp³-hybridized carbons (Fsp3) is 0.364. The van der Waals surface area contributed by atoms with Crippen LogP contribution < -0.4 is 4.74 Å². The van der Waals surface area contributed by atoms with Gasteiger partial charge in [0.1, 0.15) is 18.2 Å². The zero-order valence-corrected chi connectivity index (χ0v) is 8.87. The number of halogens is 1. The van der Waals surface area contributed by atoms with Crippen molar-refractivity contribution in [3.8, 4) is 5.75 Å². The minimum atomic E-state index is -0.433. The first-order valence-corrected chi connectivity index (χ1v) is 4.65. The molecule has 0 N–H and O–H groups in total. The fourth-order valence-electron chi connectivity index (χ4n) is 1.08. The second-order valence-electron chi connectivity index (χ2n) is 3.45. The highest BCUT2D eigenvalue weighted by molar-refractivity contribution is 5.79. The smallest absolute Gasteiger partial charge is 0.153 e. The molecule has 1 aromatic carbocycles. The zero-order valence-electron chi connectivity index (χ0n) is 8.87. The van der Waals surface area contributed by atoms with E-state index in [0.29, 0.717) is 18.6 Å². The number of rotatable bonds is 5. The Hall–Kier alpha value is -1.42. The molecule has 1 rings (SSSR count). The van der Waals surface area contributed by atoms with Gasteiger partial charge in [-0.3, -0.25) is 4.79 Å². The highest BCUT2D eigenvalue weighted by Crippen LogP contribution is 2.17. The molecule has 4 heteroatoms. The van der Waals surface area contributed by atoms with Gasteiger partial charge in [0.05, 0.1) is 5.56 Å². The van der Waals surface area contributed by atoms with Crippen molar-refractivity contribution in [3.05, 3.63) is 29.6 Å². The molecule has 0 spiro atoms. The molecule has 3 nitrogen and oxygen atoms in total. The minimum Gasteiger partial charge on any atom is -0.492 e. The van der Waals surface area contributed by atoms with E-state index in [-0.39, 0.29) is 5.56 Å². The number of likely N-dealkylation sites (N-methyl/N-ethyl adjacent to an activating group) is 1. The van der Waals surface area contributed by atoms with Gasteiger partial charge in [0.2, 0.25) is 0 Å². The monoisotopic (exact) mass is 211 g/mol. The topological polar surface area (TPSA) is 29.5 Å². The number of ether oxygens (including phenoxy) is 1. The van der Waals surface area contributed by atoms with Crippen LogP contribution in [0.3, 0.4) is 0 Å². The Bertz CT molecular complexity index is 339. The fourth-order valence-corrected chi connectivity index (χ4v) is 1.08. The second kappa shape index (κ2) is 5.46. The summed E-state index contributed by atoms with van der Waals surface area (Å²) in [6, 6.07) is 3.91. The van der Waals surface area contributed by atoms with E-state index in [2.05, 4.69) is 0 Å². The Morgan fingerprint density at radius 3 is 2.80 bits per heavy atom. The van der Waals surface area contributed by atoms with Gasteiger partial charge in [-0.2, -0.15) is 0 Å². The average molecular weight is 211 g/mol. The number of aldehydes is 1. The zero-order chi connectivity index (χ0) is 11.3. The van der Waals surface area contributed by atoms with Gasteiger partial charge in [0.15, 0.2) is 6.29 Å². The first kappa shape index (κ1) is 11.7. The standard InChI is InChI=1S/C11H14FNO2/c1-13(2)5-6-15-11-4-3-10(12)7-9(11)8-14/h3-4,7-8H,5-6H2,1-2H3. The van der Waals surface area contributed by atoms with Crippen LogP contribution in [0.1, 0.15) is 10.4 Å². The summed E-state index contributed by atoms with van der Waals surface area (Å²) >= 11 is 0. The molecule has 0 aliphatic rings. The van der Waals surface area contributed by atoms with Crippen LogP contribution in [-0.2, 0) is 0 Å². The normalized spacial score (nSPS) is 10.4. The van der Waals surface area contributed by atoms with E-state index in [4.69, 9.17) is 4.74 Å². The molecule has 0 bridgehead atoms. The number of hydrogen-bond donors (Lipinski definition) is 0. The molecule has 0 unspecified atom stereocenters. The summed E-state index contributed by atoms with van der Waals surface area (Å²) in [5.74, 6) is -0.00897. The van der Waals surface area contributed by atoms with E-state index < -0.39 is 5.82 Å². The third kappa shape index (κ3) is 3.67.